The monoisotopic (exact) mass is 608 g/mol. The zero-order valence-electron chi connectivity index (χ0n) is 24.3. The van der Waals surface area contributed by atoms with Crippen LogP contribution in [0, 0.1) is 23.6 Å². The molecule has 0 spiro atoms. The molecule has 0 aliphatic heterocycles. The fraction of sp³-hybridized carbons (Fsp3) is 0.552. The van der Waals surface area contributed by atoms with E-state index in [1.54, 1.807) is 11.4 Å². The van der Waals surface area contributed by atoms with Gasteiger partial charge in [-0.2, -0.15) is 18.3 Å². The summed E-state index contributed by atoms with van der Waals surface area (Å²) in [7, 11) is 0. The highest BCUT2D eigenvalue weighted by atomic mass is 19.4. The van der Waals surface area contributed by atoms with Gasteiger partial charge in [0.1, 0.15) is 24.1 Å². The van der Waals surface area contributed by atoms with Crippen LogP contribution >= 0.6 is 0 Å². The predicted octanol–water partition coefficient (Wildman–Crippen LogP) is 4.52. The molecule has 0 bridgehead atoms. The molecule has 234 valence electrons. The van der Waals surface area contributed by atoms with Crippen LogP contribution in [0.5, 0.6) is 0 Å². The summed E-state index contributed by atoms with van der Waals surface area (Å²) in [6.45, 7) is 4.60. The number of hydrogen-bond donors (Lipinski definition) is 4. The minimum Gasteiger partial charge on any atom is -0.346 e. The molecule has 43 heavy (non-hydrogen) atoms. The lowest BCUT2D eigenvalue weighted by atomic mass is 9.88. The van der Waals surface area contributed by atoms with Crippen LogP contribution in [0.4, 0.5) is 28.9 Å². The molecule has 2 saturated carbocycles. The minimum absolute atomic E-state index is 0.0544. The summed E-state index contributed by atoms with van der Waals surface area (Å²) in [5, 5.41) is 13.8. The molecular weight excluding hydrogens is 572 g/mol. The van der Waals surface area contributed by atoms with Gasteiger partial charge in [0.05, 0.1) is 11.6 Å². The van der Waals surface area contributed by atoms with Crippen LogP contribution in [0.25, 0.3) is 0 Å². The standard InChI is InChI=1S/C29H36F4N6O4/c1-14(2)39-23(9-10-35-39)27(42)38-25(24(17-5-6-17)18-7-8-18)28(43)37-22-12-21(36-16(4)40)19(11-20(22)30)15(3)26(41)34-13-29(31,32)33/h9-12,14-15,17-18,24-25H,5-8,13H2,1-4H3,(H,34,41)(H,36,40)(H,37,43)(H,38,42). The van der Waals surface area contributed by atoms with Crippen LogP contribution in [0.2, 0.25) is 0 Å². The molecule has 4 amide bonds. The average Bonchev–Trinajstić information content (AvgIpc) is 3.86. The van der Waals surface area contributed by atoms with Crippen molar-refractivity contribution in [3.05, 3.63) is 41.5 Å². The van der Waals surface area contributed by atoms with Crippen LogP contribution in [0.3, 0.4) is 0 Å². The Morgan fingerprint density at radius 1 is 0.977 bits per heavy atom. The number of rotatable bonds is 12. The Kier molecular flexibility index (Phi) is 9.45. The van der Waals surface area contributed by atoms with Gasteiger partial charge < -0.3 is 21.3 Å². The van der Waals surface area contributed by atoms with Gasteiger partial charge in [-0.1, -0.05) is 0 Å². The summed E-state index contributed by atoms with van der Waals surface area (Å²) in [6, 6.07) is 2.47. The number of carbonyl (C=O) groups is 4. The van der Waals surface area contributed by atoms with Crippen LogP contribution in [-0.2, 0) is 14.4 Å². The number of hydrogen-bond acceptors (Lipinski definition) is 5. The van der Waals surface area contributed by atoms with Crippen molar-refractivity contribution in [2.75, 3.05) is 17.2 Å². The van der Waals surface area contributed by atoms with Gasteiger partial charge in [0.15, 0.2) is 0 Å². The Balaban J connectivity index is 1.61. The average molecular weight is 609 g/mol. The van der Waals surface area contributed by atoms with E-state index in [1.165, 1.54) is 24.7 Å². The normalized spacial score (nSPS) is 16.5. The molecule has 4 rings (SSSR count). The van der Waals surface area contributed by atoms with E-state index in [1.807, 2.05) is 13.8 Å². The van der Waals surface area contributed by atoms with Gasteiger partial charge in [-0.05, 0) is 88.0 Å². The third-order valence-corrected chi connectivity index (χ3v) is 7.71. The number of amides is 4. The highest BCUT2D eigenvalue weighted by Crippen LogP contribution is 2.51. The number of nitrogens with one attached hydrogen (secondary N) is 4. The van der Waals surface area contributed by atoms with Crippen molar-refractivity contribution < 1.29 is 36.7 Å². The van der Waals surface area contributed by atoms with Crippen LogP contribution < -0.4 is 21.3 Å². The van der Waals surface area contributed by atoms with Crippen LogP contribution in [0.1, 0.15) is 81.4 Å². The first-order valence-electron chi connectivity index (χ1n) is 14.3. The summed E-state index contributed by atoms with van der Waals surface area (Å²) in [6.07, 6.45) is 0.496. The molecule has 14 heteroatoms. The van der Waals surface area contributed by atoms with Crippen molar-refractivity contribution in [2.24, 2.45) is 17.8 Å². The van der Waals surface area contributed by atoms with E-state index in [-0.39, 0.29) is 46.4 Å². The van der Waals surface area contributed by atoms with E-state index in [2.05, 4.69) is 21.0 Å². The molecule has 2 aromatic rings. The molecule has 10 nitrogen and oxygen atoms in total. The number of aromatic nitrogens is 2. The summed E-state index contributed by atoms with van der Waals surface area (Å²) in [5.41, 5.74) is -0.177. The zero-order valence-corrected chi connectivity index (χ0v) is 24.3. The Labute approximate surface area is 246 Å². The van der Waals surface area contributed by atoms with Gasteiger partial charge in [-0.3, -0.25) is 23.9 Å². The number of halogens is 4. The largest absolute Gasteiger partial charge is 0.405 e. The third-order valence-electron chi connectivity index (χ3n) is 7.71. The SMILES string of the molecule is CC(=O)Nc1cc(NC(=O)C(NC(=O)c2ccnn2C(C)C)C(C2CC2)C2CC2)c(F)cc1C(C)C(=O)NCC(F)(F)F. The maximum atomic E-state index is 15.4. The quantitative estimate of drug-likeness (QED) is 0.263. The van der Waals surface area contributed by atoms with E-state index < -0.39 is 54.1 Å². The summed E-state index contributed by atoms with van der Waals surface area (Å²) in [4.78, 5) is 51.4. The van der Waals surface area contributed by atoms with Gasteiger partial charge in [0.25, 0.3) is 5.91 Å². The van der Waals surface area contributed by atoms with Gasteiger partial charge in [0.2, 0.25) is 17.7 Å². The fourth-order valence-electron chi connectivity index (χ4n) is 5.38. The first-order chi connectivity index (χ1) is 20.2. The molecule has 1 aromatic heterocycles. The highest BCUT2D eigenvalue weighted by Gasteiger charge is 2.48. The second-order valence-corrected chi connectivity index (χ2v) is 11.6. The molecule has 2 fully saturated rings. The molecule has 0 radical (unpaired) electrons. The molecular formula is C29H36F4N6O4. The number of alkyl halides is 3. The number of benzene rings is 1. The van der Waals surface area contributed by atoms with Crippen molar-refractivity contribution in [2.45, 2.75) is 77.6 Å². The van der Waals surface area contributed by atoms with E-state index in [4.69, 9.17) is 0 Å². The minimum atomic E-state index is -4.64. The molecule has 4 N–H and O–H groups in total. The molecule has 2 aliphatic rings. The Hall–Kier alpha value is -3.97. The van der Waals surface area contributed by atoms with Gasteiger partial charge >= 0.3 is 6.18 Å². The summed E-state index contributed by atoms with van der Waals surface area (Å²) < 4.78 is 54.8. The Morgan fingerprint density at radius 3 is 2.14 bits per heavy atom. The molecule has 1 aromatic carbocycles. The number of nitrogens with zero attached hydrogens (tertiary/aromatic N) is 2. The van der Waals surface area contributed by atoms with Crippen LogP contribution in [-0.4, -0.2) is 52.2 Å². The fourth-order valence-corrected chi connectivity index (χ4v) is 5.38. The molecule has 2 atom stereocenters. The smallest absolute Gasteiger partial charge is 0.346 e. The maximum absolute atomic E-state index is 15.4. The van der Waals surface area contributed by atoms with Crippen molar-refractivity contribution >= 4 is 35.0 Å². The highest BCUT2D eigenvalue weighted by molar-refractivity contribution is 6.02. The predicted molar refractivity (Wildman–Crippen MR) is 150 cm³/mol. The maximum Gasteiger partial charge on any atom is 0.405 e. The summed E-state index contributed by atoms with van der Waals surface area (Å²) in [5.74, 6) is -4.68. The zero-order chi connectivity index (χ0) is 31.6. The lowest BCUT2D eigenvalue weighted by Crippen LogP contribution is -2.50. The molecule has 2 aliphatic carbocycles. The second-order valence-electron chi connectivity index (χ2n) is 11.6. The van der Waals surface area contributed by atoms with E-state index in [0.29, 0.717) is 0 Å². The van der Waals surface area contributed by atoms with Crippen molar-refractivity contribution in [1.82, 2.24) is 20.4 Å². The van der Waals surface area contributed by atoms with Crippen LogP contribution in [0.15, 0.2) is 24.4 Å². The lowest BCUT2D eigenvalue weighted by molar-refractivity contribution is -0.139. The second kappa shape index (κ2) is 12.7. The molecule has 2 unspecified atom stereocenters. The lowest BCUT2D eigenvalue weighted by Gasteiger charge is -2.28. The van der Waals surface area contributed by atoms with Gasteiger partial charge in [-0.25, -0.2) is 4.39 Å². The first kappa shape index (κ1) is 32.0. The van der Waals surface area contributed by atoms with Crippen molar-refractivity contribution in [1.29, 1.82) is 0 Å². The van der Waals surface area contributed by atoms with Gasteiger partial charge in [0, 0.05) is 24.8 Å². The Morgan fingerprint density at radius 2 is 1.60 bits per heavy atom. The van der Waals surface area contributed by atoms with Gasteiger partial charge in [-0.15, -0.1) is 0 Å². The van der Waals surface area contributed by atoms with Crippen molar-refractivity contribution in [3.8, 4) is 0 Å². The summed E-state index contributed by atoms with van der Waals surface area (Å²) >= 11 is 0. The van der Waals surface area contributed by atoms with E-state index in [0.717, 1.165) is 37.8 Å². The van der Waals surface area contributed by atoms with Crippen molar-refractivity contribution in [3.63, 3.8) is 0 Å². The molecule has 1 heterocycles. The third kappa shape index (κ3) is 8.11. The first-order valence-corrected chi connectivity index (χ1v) is 14.3. The Bertz CT molecular complexity index is 1370. The number of anilines is 2. The molecule has 0 saturated heterocycles. The van der Waals surface area contributed by atoms with E-state index >= 15 is 4.39 Å². The van der Waals surface area contributed by atoms with E-state index in [9.17, 15) is 32.3 Å². The number of carbonyl (C=O) groups excluding carboxylic acids is 4. The topological polar surface area (TPSA) is 134 Å².